The highest BCUT2D eigenvalue weighted by molar-refractivity contribution is 5.44. The number of rotatable bonds is 2. The van der Waals surface area contributed by atoms with Crippen molar-refractivity contribution in [3.8, 4) is 5.75 Å². The first kappa shape index (κ1) is 13.9. The molecule has 6 rings (SSSR count). The van der Waals surface area contributed by atoms with Crippen LogP contribution in [-0.2, 0) is 6.42 Å². The number of allylic oxidation sites excluding steroid dienone is 1. The molecule has 0 radical (unpaired) electrons. The molecule has 1 aromatic carbocycles. The van der Waals surface area contributed by atoms with E-state index in [1.165, 1.54) is 30.4 Å². The first-order chi connectivity index (χ1) is 11.6. The lowest BCUT2D eigenvalue weighted by Crippen LogP contribution is -2.48. The summed E-state index contributed by atoms with van der Waals surface area (Å²) < 4.78 is 0. The van der Waals surface area contributed by atoms with E-state index in [0.29, 0.717) is 28.9 Å². The van der Waals surface area contributed by atoms with Gasteiger partial charge in [-0.15, -0.1) is 6.58 Å². The van der Waals surface area contributed by atoms with Crippen LogP contribution in [0.1, 0.15) is 49.1 Å². The third kappa shape index (κ3) is 1.33. The van der Waals surface area contributed by atoms with E-state index in [9.17, 15) is 10.2 Å². The molecular formula is C22H26O2. The predicted molar refractivity (Wildman–Crippen MR) is 92.7 cm³/mol. The Balaban J connectivity index is 1.45. The van der Waals surface area contributed by atoms with Gasteiger partial charge in [0.05, 0.1) is 6.10 Å². The van der Waals surface area contributed by atoms with Gasteiger partial charge in [0.15, 0.2) is 0 Å². The van der Waals surface area contributed by atoms with Crippen LogP contribution in [0.2, 0.25) is 0 Å². The number of phenolic OH excluding ortho intramolecular Hbond substituents is 1. The average Bonchev–Trinajstić information content (AvgIpc) is 3.42. The average molecular weight is 322 g/mol. The van der Waals surface area contributed by atoms with Crippen LogP contribution in [0.5, 0.6) is 5.75 Å². The standard InChI is InChI=1S/C22H26O2/c1-2-8-21-9-7-15-14-6-4-13(23)10-12(14)3-5-16(15)19(21)22-11-17(22)18(22)20(21)24/h2,4,6,10,15-20,23-24H,1,3,5,7-9,11H2/t15?,16?,17?,18-,19?,20?,21?,22?/m1/s1. The van der Waals surface area contributed by atoms with Crippen molar-refractivity contribution >= 4 is 0 Å². The van der Waals surface area contributed by atoms with Crippen molar-refractivity contribution in [3.63, 3.8) is 0 Å². The summed E-state index contributed by atoms with van der Waals surface area (Å²) in [5, 5.41) is 21.0. The lowest BCUT2D eigenvalue weighted by atomic mass is 9.52. The van der Waals surface area contributed by atoms with Gasteiger partial charge in [0.2, 0.25) is 0 Å². The SMILES string of the molecule is C=CCC12CCC3c4ccc(O)cc4CCC3C1C13CC1[C@@H]3C2O. The summed E-state index contributed by atoms with van der Waals surface area (Å²) in [6, 6.07) is 6.03. The Morgan fingerprint density at radius 1 is 1.29 bits per heavy atom. The van der Waals surface area contributed by atoms with Crippen molar-refractivity contribution < 1.29 is 10.2 Å². The fourth-order valence-corrected chi connectivity index (χ4v) is 8.02. The van der Waals surface area contributed by atoms with Gasteiger partial charge in [-0.2, -0.15) is 0 Å². The molecular weight excluding hydrogens is 296 g/mol. The van der Waals surface area contributed by atoms with Crippen molar-refractivity contribution in [3.05, 3.63) is 42.0 Å². The summed E-state index contributed by atoms with van der Waals surface area (Å²) in [5.41, 5.74) is 3.49. The minimum atomic E-state index is -0.0820. The van der Waals surface area contributed by atoms with Crippen molar-refractivity contribution in [1.82, 2.24) is 0 Å². The van der Waals surface area contributed by atoms with Crippen LogP contribution in [0.25, 0.3) is 0 Å². The fourth-order valence-electron chi connectivity index (χ4n) is 8.02. The first-order valence-electron chi connectivity index (χ1n) is 9.74. The first-order valence-corrected chi connectivity index (χ1v) is 9.74. The van der Waals surface area contributed by atoms with Crippen molar-refractivity contribution in [1.29, 1.82) is 0 Å². The third-order valence-corrected chi connectivity index (χ3v) is 8.84. The topological polar surface area (TPSA) is 40.5 Å². The zero-order valence-corrected chi connectivity index (χ0v) is 14.1. The van der Waals surface area contributed by atoms with E-state index in [-0.39, 0.29) is 11.5 Å². The van der Waals surface area contributed by atoms with Crippen molar-refractivity contribution in [2.75, 3.05) is 0 Å². The maximum Gasteiger partial charge on any atom is 0.115 e. The second-order valence-corrected chi connectivity index (χ2v) is 9.33. The molecule has 0 saturated heterocycles. The molecule has 126 valence electrons. The minimum absolute atomic E-state index is 0.0820. The van der Waals surface area contributed by atoms with E-state index in [4.69, 9.17) is 0 Å². The number of phenols is 1. The van der Waals surface area contributed by atoms with E-state index in [1.807, 2.05) is 12.1 Å². The number of aromatic hydroxyl groups is 1. The summed E-state index contributed by atoms with van der Waals surface area (Å²) in [6.07, 6.45) is 9.03. The Morgan fingerprint density at radius 3 is 2.96 bits per heavy atom. The Bertz CT molecular complexity index is 754. The molecule has 2 N–H and O–H groups in total. The molecule has 2 heteroatoms. The van der Waals surface area contributed by atoms with E-state index < -0.39 is 0 Å². The number of aliphatic hydroxyl groups excluding tert-OH is 1. The van der Waals surface area contributed by atoms with Crippen LogP contribution in [0, 0.1) is 34.5 Å². The van der Waals surface area contributed by atoms with Crippen molar-refractivity contribution in [2.24, 2.45) is 34.5 Å². The number of benzene rings is 1. The number of fused-ring (bicyclic) bond motifs is 6. The summed E-state index contributed by atoms with van der Waals surface area (Å²) in [4.78, 5) is 0. The number of hydrogen-bond donors (Lipinski definition) is 2. The van der Waals surface area contributed by atoms with Gasteiger partial charge in [-0.05, 0) is 96.8 Å². The molecule has 24 heavy (non-hydrogen) atoms. The maximum atomic E-state index is 11.2. The molecule has 0 aromatic heterocycles. The molecule has 5 aliphatic rings. The Kier molecular flexibility index (Phi) is 2.38. The second-order valence-electron chi connectivity index (χ2n) is 9.33. The summed E-state index contributed by atoms with van der Waals surface area (Å²) in [6.45, 7) is 4.03. The molecule has 0 bridgehead atoms. The Hall–Kier alpha value is -1.28. The summed E-state index contributed by atoms with van der Waals surface area (Å²) >= 11 is 0. The van der Waals surface area contributed by atoms with Crippen molar-refractivity contribution in [2.45, 2.75) is 50.5 Å². The minimum Gasteiger partial charge on any atom is -0.508 e. The molecule has 0 aliphatic heterocycles. The van der Waals surface area contributed by atoms with E-state index >= 15 is 0 Å². The van der Waals surface area contributed by atoms with E-state index in [0.717, 1.165) is 31.1 Å². The molecule has 1 aromatic rings. The smallest absolute Gasteiger partial charge is 0.115 e. The van der Waals surface area contributed by atoms with Gasteiger partial charge in [-0.3, -0.25) is 0 Å². The molecule has 0 amide bonds. The molecule has 7 unspecified atom stereocenters. The Morgan fingerprint density at radius 2 is 2.17 bits per heavy atom. The molecule has 0 heterocycles. The van der Waals surface area contributed by atoms with E-state index in [1.54, 1.807) is 0 Å². The molecule has 4 fully saturated rings. The van der Waals surface area contributed by atoms with Crippen LogP contribution >= 0.6 is 0 Å². The summed E-state index contributed by atoms with van der Waals surface area (Å²) in [5.74, 6) is 3.93. The zero-order chi connectivity index (χ0) is 16.3. The predicted octanol–water partition coefficient (Wildman–Crippen LogP) is 4.02. The normalized spacial score (nSPS) is 52.4. The van der Waals surface area contributed by atoms with Gasteiger partial charge in [-0.1, -0.05) is 12.1 Å². The van der Waals surface area contributed by atoms with Gasteiger partial charge in [0.1, 0.15) is 5.75 Å². The molecule has 2 nitrogen and oxygen atoms in total. The molecule has 8 atom stereocenters. The molecule has 5 aliphatic carbocycles. The quantitative estimate of drug-likeness (QED) is 0.807. The fraction of sp³-hybridized carbons (Fsp3) is 0.636. The highest BCUT2D eigenvalue weighted by Crippen LogP contribution is 2.94. The largest absolute Gasteiger partial charge is 0.508 e. The Labute approximate surface area is 143 Å². The summed E-state index contributed by atoms with van der Waals surface area (Å²) in [7, 11) is 0. The number of aliphatic hydroxyl groups is 1. The number of hydrogen-bond acceptors (Lipinski definition) is 2. The van der Waals surface area contributed by atoms with Crippen LogP contribution in [0.4, 0.5) is 0 Å². The van der Waals surface area contributed by atoms with Gasteiger partial charge in [0, 0.05) is 5.41 Å². The maximum absolute atomic E-state index is 11.2. The zero-order valence-electron chi connectivity index (χ0n) is 14.1. The van der Waals surface area contributed by atoms with Crippen LogP contribution in [-0.4, -0.2) is 16.3 Å². The van der Waals surface area contributed by atoms with Gasteiger partial charge >= 0.3 is 0 Å². The molecule has 1 spiro atoms. The second kappa shape index (κ2) is 4.09. The third-order valence-electron chi connectivity index (χ3n) is 8.84. The van der Waals surface area contributed by atoms with Gasteiger partial charge in [-0.25, -0.2) is 0 Å². The van der Waals surface area contributed by atoms with Crippen LogP contribution in [0.3, 0.4) is 0 Å². The highest BCUT2D eigenvalue weighted by Gasteiger charge is 2.91. The number of aryl methyl sites for hydroxylation is 1. The molecule has 4 saturated carbocycles. The lowest BCUT2D eigenvalue weighted by molar-refractivity contribution is -0.0587. The van der Waals surface area contributed by atoms with Crippen LogP contribution in [0.15, 0.2) is 30.9 Å². The monoisotopic (exact) mass is 322 g/mol. The van der Waals surface area contributed by atoms with Crippen LogP contribution < -0.4 is 0 Å². The van der Waals surface area contributed by atoms with Gasteiger partial charge in [0.25, 0.3) is 0 Å². The van der Waals surface area contributed by atoms with E-state index in [2.05, 4.69) is 18.7 Å². The van der Waals surface area contributed by atoms with Gasteiger partial charge < -0.3 is 10.2 Å². The highest BCUT2D eigenvalue weighted by atomic mass is 16.3. The lowest BCUT2D eigenvalue weighted by Gasteiger charge is -2.53.